The smallest absolute Gasteiger partial charge is 0.254 e. The minimum atomic E-state index is -3.55. The molecule has 0 aliphatic carbocycles. The van der Waals surface area contributed by atoms with Gasteiger partial charge in [0, 0.05) is 26.4 Å². The number of quaternary nitrogens is 1. The van der Waals surface area contributed by atoms with Gasteiger partial charge in [0.2, 0.25) is 10.0 Å². The predicted octanol–water partition coefficient (Wildman–Crippen LogP) is -1.90. The first kappa shape index (κ1) is 16.2. The zero-order valence-electron chi connectivity index (χ0n) is 12.3. The Kier molecular flexibility index (Phi) is 4.82. The molecule has 7 nitrogen and oxygen atoms in total. The minimum absolute atomic E-state index is 0.101. The van der Waals surface area contributed by atoms with Crippen molar-refractivity contribution in [3.05, 3.63) is 28.7 Å². The first-order valence-corrected chi connectivity index (χ1v) is 8.39. The number of nitrogens with one attached hydrogen (secondary N) is 1. The maximum Gasteiger partial charge on any atom is 0.254 e. The Morgan fingerprint density at radius 1 is 1.43 bits per heavy atom. The summed E-state index contributed by atoms with van der Waals surface area (Å²) in [5, 5.41) is 9.67. The molecule has 0 spiro atoms. The molecule has 0 amide bonds. The van der Waals surface area contributed by atoms with Crippen LogP contribution in [0.15, 0.2) is 28.0 Å². The Morgan fingerprint density at radius 3 is 2.76 bits per heavy atom. The van der Waals surface area contributed by atoms with Gasteiger partial charge in [0.1, 0.15) is 12.6 Å². The summed E-state index contributed by atoms with van der Waals surface area (Å²) in [7, 11) is -0.642. The SMILES string of the molecule is CN(C)S(=O)(=O)c1ccc(=O)n(C[NH+]2CCC[C@@H](O)C2)c1. The van der Waals surface area contributed by atoms with Crippen molar-refractivity contribution in [1.29, 1.82) is 0 Å². The van der Waals surface area contributed by atoms with Crippen LogP contribution in [0.25, 0.3) is 0 Å². The molecule has 2 heterocycles. The van der Waals surface area contributed by atoms with Gasteiger partial charge in [-0.3, -0.25) is 9.36 Å². The molecule has 1 aliphatic heterocycles. The molecule has 2 N–H and O–H groups in total. The van der Waals surface area contributed by atoms with Crippen LogP contribution in [-0.2, 0) is 16.7 Å². The number of aliphatic hydroxyl groups is 1. The van der Waals surface area contributed by atoms with E-state index in [1.54, 1.807) is 0 Å². The van der Waals surface area contributed by atoms with Gasteiger partial charge in [0.15, 0.2) is 6.67 Å². The molecule has 1 aromatic heterocycles. The fraction of sp³-hybridized carbons (Fsp3) is 0.615. The quantitative estimate of drug-likeness (QED) is 0.679. The maximum atomic E-state index is 12.1. The van der Waals surface area contributed by atoms with Crippen LogP contribution in [0.5, 0.6) is 0 Å². The van der Waals surface area contributed by atoms with E-state index >= 15 is 0 Å². The van der Waals surface area contributed by atoms with Crippen molar-refractivity contribution in [3.8, 4) is 0 Å². The molecule has 0 bridgehead atoms. The molecule has 118 valence electrons. The molecular weight excluding hydrogens is 294 g/mol. The standard InChI is InChI=1S/C13H21N3O4S/c1-14(2)21(19,20)12-5-6-13(18)16(9-12)10-15-7-3-4-11(17)8-15/h5-6,9,11,17H,3-4,7-8,10H2,1-2H3/p+1/t11-/m1/s1. The average Bonchev–Trinajstić information content (AvgIpc) is 2.41. The van der Waals surface area contributed by atoms with E-state index in [2.05, 4.69) is 0 Å². The molecule has 1 saturated heterocycles. The fourth-order valence-electron chi connectivity index (χ4n) is 2.51. The van der Waals surface area contributed by atoms with Crippen LogP contribution in [0, 0.1) is 0 Å². The van der Waals surface area contributed by atoms with Crippen molar-refractivity contribution < 1.29 is 18.4 Å². The molecule has 1 aliphatic rings. The Bertz CT molecular complexity index is 654. The minimum Gasteiger partial charge on any atom is -0.387 e. The first-order chi connectivity index (χ1) is 9.80. The van der Waals surface area contributed by atoms with Gasteiger partial charge in [-0.1, -0.05) is 0 Å². The Morgan fingerprint density at radius 2 is 2.14 bits per heavy atom. The third-order valence-corrected chi connectivity index (χ3v) is 5.52. The molecule has 0 saturated carbocycles. The zero-order chi connectivity index (χ0) is 15.6. The summed E-state index contributed by atoms with van der Waals surface area (Å²) in [5.74, 6) is 0. The first-order valence-electron chi connectivity index (χ1n) is 6.95. The van der Waals surface area contributed by atoms with E-state index in [-0.39, 0.29) is 16.6 Å². The number of pyridine rings is 1. The lowest BCUT2D eigenvalue weighted by atomic mass is 10.1. The van der Waals surface area contributed by atoms with Crippen molar-refractivity contribution >= 4 is 10.0 Å². The number of piperidine rings is 1. The van der Waals surface area contributed by atoms with Gasteiger partial charge in [-0.15, -0.1) is 0 Å². The predicted molar refractivity (Wildman–Crippen MR) is 77.5 cm³/mol. The molecule has 0 aromatic carbocycles. The number of aromatic nitrogens is 1. The summed E-state index contributed by atoms with van der Waals surface area (Å²) in [4.78, 5) is 13.1. The summed E-state index contributed by atoms with van der Waals surface area (Å²) in [6.07, 6.45) is 2.72. The van der Waals surface area contributed by atoms with E-state index in [4.69, 9.17) is 0 Å². The van der Waals surface area contributed by atoms with Crippen molar-refractivity contribution in [1.82, 2.24) is 8.87 Å². The molecule has 1 aromatic rings. The third kappa shape index (κ3) is 3.70. The zero-order valence-corrected chi connectivity index (χ0v) is 13.1. The number of sulfonamides is 1. The number of likely N-dealkylation sites (tertiary alicyclic amines) is 1. The van der Waals surface area contributed by atoms with Crippen molar-refractivity contribution in [2.24, 2.45) is 0 Å². The lowest BCUT2D eigenvalue weighted by Crippen LogP contribution is -3.13. The van der Waals surface area contributed by atoms with Gasteiger partial charge < -0.3 is 10.0 Å². The highest BCUT2D eigenvalue weighted by Crippen LogP contribution is 2.10. The number of hydrogen-bond donors (Lipinski definition) is 2. The number of hydrogen-bond acceptors (Lipinski definition) is 4. The van der Waals surface area contributed by atoms with Crippen LogP contribution in [-0.4, -0.2) is 55.7 Å². The van der Waals surface area contributed by atoms with Crippen LogP contribution in [0.4, 0.5) is 0 Å². The molecule has 2 atom stereocenters. The Balaban J connectivity index is 2.26. The number of aliphatic hydroxyl groups excluding tert-OH is 1. The summed E-state index contributed by atoms with van der Waals surface area (Å²) in [6, 6.07) is 2.60. The van der Waals surface area contributed by atoms with Crippen LogP contribution >= 0.6 is 0 Å². The highest BCUT2D eigenvalue weighted by molar-refractivity contribution is 7.89. The van der Waals surface area contributed by atoms with Crippen molar-refractivity contribution in [2.75, 3.05) is 27.2 Å². The summed E-state index contributed by atoms with van der Waals surface area (Å²) in [6.45, 7) is 1.82. The summed E-state index contributed by atoms with van der Waals surface area (Å²) in [5.41, 5.74) is -0.236. The summed E-state index contributed by atoms with van der Waals surface area (Å²) >= 11 is 0. The van der Waals surface area contributed by atoms with Crippen LogP contribution in [0.1, 0.15) is 12.8 Å². The molecular formula is C13H22N3O4S+. The van der Waals surface area contributed by atoms with Gasteiger partial charge in [-0.25, -0.2) is 12.7 Å². The van der Waals surface area contributed by atoms with Gasteiger partial charge in [0.05, 0.1) is 11.4 Å². The third-order valence-electron chi connectivity index (χ3n) is 3.72. The lowest BCUT2D eigenvalue weighted by Gasteiger charge is -2.27. The van der Waals surface area contributed by atoms with E-state index in [0.29, 0.717) is 13.2 Å². The normalized spacial score (nSPS) is 23.4. The van der Waals surface area contributed by atoms with Gasteiger partial charge in [-0.2, -0.15) is 0 Å². The van der Waals surface area contributed by atoms with Crippen LogP contribution in [0.3, 0.4) is 0 Å². The highest BCUT2D eigenvalue weighted by atomic mass is 32.2. The number of rotatable bonds is 4. The topological polar surface area (TPSA) is 84.0 Å². The van der Waals surface area contributed by atoms with Gasteiger partial charge in [0.25, 0.3) is 5.56 Å². The second-order valence-corrected chi connectivity index (χ2v) is 7.77. The monoisotopic (exact) mass is 316 g/mol. The van der Waals surface area contributed by atoms with Crippen molar-refractivity contribution in [2.45, 2.75) is 30.5 Å². The molecule has 1 fully saturated rings. The lowest BCUT2D eigenvalue weighted by molar-refractivity contribution is -0.930. The second kappa shape index (κ2) is 6.27. The molecule has 1 unspecified atom stereocenters. The second-order valence-electron chi connectivity index (χ2n) is 5.62. The largest absolute Gasteiger partial charge is 0.387 e. The molecule has 21 heavy (non-hydrogen) atoms. The van der Waals surface area contributed by atoms with Crippen LogP contribution in [0.2, 0.25) is 0 Å². The Labute approximate surface area is 124 Å². The fourth-order valence-corrected chi connectivity index (χ4v) is 3.43. The average molecular weight is 316 g/mol. The Hall–Kier alpha value is -1.22. The molecule has 2 rings (SSSR count). The van der Waals surface area contributed by atoms with E-state index in [1.165, 1.54) is 37.0 Å². The van der Waals surface area contributed by atoms with E-state index in [9.17, 15) is 18.3 Å². The summed E-state index contributed by atoms with van der Waals surface area (Å²) < 4.78 is 26.7. The molecule has 8 heteroatoms. The highest BCUT2D eigenvalue weighted by Gasteiger charge is 2.23. The van der Waals surface area contributed by atoms with E-state index in [1.807, 2.05) is 0 Å². The van der Waals surface area contributed by atoms with Gasteiger partial charge in [-0.05, 0) is 18.9 Å². The van der Waals surface area contributed by atoms with Gasteiger partial charge >= 0.3 is 0 Å². The number of nitrogens with zero attached hydrogens (tertiary/aromatic N) is 2. The maximum absolute atomic E-state index is 12.1. The van der Waals surface area contributed by atoms with Crippen LogP contribution < -0.4 is 10.5 Å². The van der Waals surface area contributed by atoms with Crippen molar-refractivity contribution in [3.63, 3.8) is 0 Å². The van der Waals surface area contributed by atoms with E-state index < -0.39 is 10.0 Å². The molecule has 0 radical (unpaired) electrons. The van der Waals surface area contributed by atoms with E-state index in [0.717, 1.165) is 28.6 Å².